The molecule has 1 fully saturated rings. The van der Waals surface area contributed by atoms with Crippen molar-refractivity contribution < 1.29 is 0 Å². The Bertz CT molecular complexity index is 473. The third-order valence-electron chi connectivity index (χ3n) is 3.93. The van der Waals surface area contributed by atoms with Crippen molar-refractivity contribution in [1.29, 1.82) is 0 Å². The molecule has 2 aliphatic rings. The fraction of sp³-hybridized carbons (Fsp3) is 0.533. The van der Waals surface area contributed by atoms with Gasteiger partial charge in [-0.15, -0.1) is 11.8 Å². The standard InChI is InChI=1S/C15H20N2S2/c1-18-14-9-5-4-8-13(14)17-15-16-12-7-3-2-6-11(12)10-19-15/h4-5,8-9,11-12H,2-3,6-7,10H2,1H3,(H,16,17). The Morgan fingerprint density at radius 2 is 2.11 bits per heavy atom. The van der Waals surface area contributed by atoms with E-state index in [-0.39, 0.29) is 0 Å². The number of amidine groups is 1. The summed E-state index contributed by atoms with van der Waals surface area (Å²) in [5, 5.41) is 4.64. The van der Waals surface area contributed by atoms with E-state index in [9.17, 15) is 0 Å². The van der Waals surface area contributed by atoms with Gasteiger partial charge >= 0.3 is 0 Å². The van der Waals surface area contributed by atoms with Crippen molar-refractivity contribution >= 4 is 34.4 Å². The lowest BCUT2D eigenvalue weighted by Gasteiger charge is -2.32. The molecule has 0 amide bonds. The highest BCUT2D eigenvalue weighted by Gasteiger charge is 2.29. The predicted molar refractivity (Wildman–Crippen MR) is 87.5 cm³/mol. The smallest absolute Gasteiger partial charge is 0.161 e. The molecule has 2 unspecified atom stereocenters. The van der Waals surface area contributed by atoms with Crippen LogP contribution in [0.5, 0.6) is 0 Å². The third kappa shape index (κ3) is 3.11. The van der Waals surface area contributed by atoms with Gasteiger partial charge in [0, 0.05) is 10.6 Å². The Kier molecular flexibility index (Phi) is 4.38. The highest BCUT2D eigenvalue weighted by Crippen LogP contribution is 2.35. The summed E-state index contributed by atoms with van der Waals surface area (Å²) in [6, 6.07) is 9.04. The second-order valence-electron chi connectivity index (χ2n) is 5.18. The van der Waals surface area contributed by atoms with Crippen LogP contribution in [0.3, 0.4) is 0 Å². The fourth-order valence-corrected chi connectivity index (χ4v) is 4.56. The number of hydrogen-bond acceptors (Lipinski definition) is 4. The molecular formula is C15H20N2S2. The molecule has 0 saturated heterocycles. The number of nitrogens with one attached hydrogen (secondary N) is 1. The number of thioether (sulfide) groups is 2. The maximum absolute atomic E-state index is 4.93. The molecule has 2 nitrogen and oxygen atoms in total. The van der Waals surface area contributed by atoms with Gasteiger partial charge in [0.2, 0.25) is 0 Å². The molecule has 102 valence electrons. The van der Waals surface area contributed by atoms with Gasteiger partial charge in [0.25, 0.3) is 0 Å². The van der Waals surface area contributed by atoms with E-state index in [1.54, 1.807) is 11.8 Å². The van der Waals surface area contributed by atoms with Crippen molar-refractivity contribution in [3.05, 3.63) is 24.3 Å². The number of aliphatic imine (C=N–C) groups is 1. The van der Waals surface area contributed by atoms with Gasteiger partial charge in [-0.1, -0.05) is 36.7 Å². The molecule has 1 aliphatic heterocycles. The minimum absolute atomic E-state index is 0.568. The molecule has 4 heteroatoms. The van der Waals surface area contributed by atoms with E-state index in [4.69, 9.17) is 4.99 Å². The van der Waals surface area contributed by atoms with Crippen LogP contribution in [-0.4, -0.2) is 23.2 Å². The summed E-state index contributed by atoms with van der Waals surface area (Å²) < 4.78 is 0. The quantitative estimate of drug-likeness (QED) is 0.813. The molecule has 1 N–H and O–H groups in total. The first-order valence-electron chi connectivity index (χ1n) is 6.97. The zero-order valence-corrected chi connectivity index (χ0v) is 12.9. The maximum Gasteiger partial charge on any atom is 0.161 e. The average Bonchev–Trinajstić information content (AvgIpc) is 2.48. The van der Waals surface area contributed by atoms with Crippen molar-refractivity contribution in [2.45, 2.75) is 36.6 Å². The van der Waals surface area contributed by atoms with Crippen LogP contribution in [0, 0.1) is 5.92 Å². The molecule has 0 radical (unpaired) electrons. The van der Waals surface area contributed by atoms with Gasteiger partial charge in [0.15, 0.2) is 5.17 Å². The third-order valence-corrected chi connectivity index (χ3v) is 5.81. The molecule has 0 spiro atoms. The van der Waals surface area contributed by atoms with Gasteiger partial charge < -0.3 is 5.32 Å². The van der Waals surface area contributed by atoms with E-state index >= 15 is 0 Å². The first kappa shape index (κ1) is 13.4. The molecule has 3 rings (SSSR count). The van der Waals surface area contributed by atoms with Crippen molar-refractivity contribution in [1.82, 2.24) is 0 Å². The highest BCUT2D eigenvalue weighted by atomic mass is 32.2. The lowest BCUT2D eigenvalue weighted by Crippen LogP contribution is -2.31. The fourth-order valence-electron chi connectivity index (χ4n) is 2.86. The van der Waals surface area contributed by atoms with Gasteiger partial charge in [0.05, 0.1) is 11.7 Å². The largest absolute Gasteiger partial charge is 0.334 e. The van der Waals surface area contributed by atoms with E-state index in [0.717, 1.165) is 11.1 Å². The Hall–Kier alpha value is -0.610. The molecule has 1 aromatic carbocycles. The van der Waals surface area contributed by atoms with E-state index in [2.05, 4.69) is 35.8 Å². The Morgan fingerprint density at radius 1 is 1.26 bits per heavy atom. The molecule has 19 heavy (non-hydrogen) atoms. The van der Waals surface area contributed by atoms with E-state index in [0.29, 0.717) is 6.04 Å². The molecule has 1 aromatic rings. The summed E-state index contributed by atoms with van der Waals surface area (Å²) in [7, 11) is 0. The number of fused-ring (bicyclic) bond motifs is 1. The lowest BCUT2D eigenvalue weighted by atomic mass is 9.86. The Labute approximate surface area is 123 Å². The van der Waals surface area contributed by atoms with Crippen LogP contribution in [-0.2, 0) is 0 Å². The maximum atomic E-state index is 4.93. The summed E-state index contributed by atoms with van der Waals surface area (Å²) in [5.41, 5.74) is 1.19. The van der Waals surface area contributed by atoms with Crippen LogP contribution >= 0.6 is 23.5 Å². The summed E-state index contributed by atoms with van der Waals surface area (Å²) in [6.45, 7) is 0. The Balaban J connectivity index is 1.74. The molecule has 0 aromatic heterocycles. The SMILES string of the molecule is CSc1ccccc1NC1=NC2CCCCC2CS1. The van der Waals surface area contributed by atoms with Crippen LogP contribution in [0.25, 0.3) is 0 Å². The second-order valence-corrected chi connectivity index (χ2v) is 7.04. The van der Waals surface area contributed by atoms with Gasteiger partial charge in [-0.2, -0.15) is 0 Å². The first-order valence-corrected chi connectivity index (χ1v) is 9.18. The van der Waals surface area contributed by atoms with Gasteiger partial charge in [-0.05, 0) is 37.1 Å². The van der Waals surface area contributed by atoms with Crippen molar-refractivity contribution in [3.8, 4) is 0 Å². The first-order chi connectivity index (χ1) is 9.36. The van der Waals surface area contributed by atoms with Gasteiger partial charge in [0.1, 0.15) is 0 Å². The highest BCUT2D eigenvalue weighted by molar-refractivity contribution is 8.14. The number of rotatable bonds is 2. The zero-order chi connectivity index (χ0) is 13.1. The molecule has 0 bridgehead atoms. The van der Waals surface area contributed by atoms with E-state index < -0.39 is 0 Å². The molecule has 2 atom stereocenters. The van der Waals surface area contributed by atoms with Crippen molar-refractivity contribution in [3.63, 3.8) is 0 Å². The van der Waals surface area contributed by atoms with Crippen LogP contribution in [0.4, 0.5) is 5.69 Å². The van der Waals surface area contributed by atoms with Crippen molar-refractivity contribution in [2.75, 3.05) is 17.3 Å². The summed E-state index contributed by atoms with van der Waals surface area (Å²) in [5.74, 6) is 2.05. The van der Waals surface area contributed by atoms with Gasteiger partial charge in [-0.25, -0.2) is 0 Å². The minimum atomic E-state index is 0.568. The van der Waals surface area contributed by atoms with Crippen LogP contribution < -0.4 is 5.32 Å². The zero-order valence-electron chi connectivity index (χ0n) is 11.3. The monoisotopic (exact) mass is 292 g/mol. The molecule has 1 aliphatic carbocycles. The second kappa shape index (κ2) is 6.23. The normalized spacial score (nSPS) is 26.5. The van der Waals surface area contributed by atoms with Crippen molar-refractivity contribution in [2.24, 2.45) is 10.9 Å². The number of para-hydroxylation sites is 1. The summed E-state index contributed by atoms with van der Waals surface area (Å²) in [4.78, 5) is 6.22. The number of nitrogens with zero attached hydrogens (tertiary/aromatic N) is 1. The minimum Gasteiger partial charge on any atom is -0.334 e. The number of benzene rings is 1. The average molecular weight is 292 g/mol. The van der Waals surface area contributed by atoms with Crippen LogP contribution in [0.15, 0.2) is 34.2 Å². The van der Waals surface area contributed by atoms with E-state index in [1.165, 1.54) is 42.0 Å². The molecule has 1 saturated carbocycles. The lowest BCUT2D eigenvalue weighted by molar-refractivity contribution is 0.336. The topological polar surface area (TPSA) is 24.4 Å². The van der Waals surface area contributed by atoms with Gasteiger partial charge in [-0.3, -0.25) is 4.99 Å². The molecular weight excluding hydrogens is 272 g/mol. The predicted octanol–water partition coefficient (Wildman–Crippen LogP) is 4.48. The van der Waals surface area contributed by atoms with E-state index in [1.807, 2.05) is 11.8 Å². The molecule has 1 heterocycles. The number of hydrogen-bond donors (Lipinski definition) is 1. The summed E-state index contributed by atoms with van der Waals surface area (Å²) >= 11 is 3.67. The van der Waals surface area contributed by atoms with Crippen LogP contribution in [0.2, 0.25) is 0 Å². The summed E-state index contributed by atoms with van der Waals surface area (Å²) in [6.07, 6.45) is 7.52. The Morgan fingerprint density at radius 3 is 3.00 bits per heavy atom. The van der Waals surface area contributed by atoms with Crippen LogP contribution in [0.1, 0.15) is 25.7 Å². The number of anilines is 1.